The van der Waals surface area contributed by atoms with Crippen molar-refractivity contribution < 1.29 is 0 Å². The fourth-order valence-electron chi connectivity index (χ4n) is 2.24. The molecule has 0 heterocycles. The van der Waals surface area contributed by atoms with Crippen LogP contribution < -0.4 is 11.1 Å². The molecule has 2 heteroatoms. The number of hydrogen-bond acceptors (Lipinski definition) is 2. The molecule has 0 aliphatic heterocycles. The molecule has 0 aromatic carbocycles. The van der Waals surface area contributed by atoms with E-state index < -0.39 is 0 Å². The number of hydrogen-bond donors (Lipinski definition) is 2. The summed E-state index contributed by atoms with van der Waals surface area (Å²) in [5.74, 6) is 2.73. The second-order valence-corrected chi connectivity index (χ2v) is 5.28. The fraction of sp³-hybridized carbons (Fsp3) is 1.00. The predicted molar refractivity (Wildman–Crippen MR) is 60.1 cm³/mol. The van der Waals surface area contributed by atoms with Gasteiger partial charge in [-0.3, -0.25) is 0 Å². The van der Waals surface area contributed by atoms with Crippen LogP contribution in [0.3, 0.4) is 0 Å². The summed E-state index contributed by atoms with van der Waals surface area (Å²) >= 11 is 0. The van der Waals surface area contributed by atoms with Gasteiger partial charge in [-0.05, 0) is 62.9 Å². The molecule has 0 amide bonds. The quantitative estimate of drug-likeness (QED) is 0.651. The summed E-state index contributed by atoms with van der Waals surface area (Å²) in [6.07, 6.45) is 7.13. The van der Waals surface area contributed by atoms with Crippen LogP contribution in [-0.2, 0) is 0 Å². The monoisotopic (exact) mass is 196 g/mol. The van der Waals surface area contributed by atoms with Gasteiger partial charge < -0.3 is 11.1 Å². The molecule has 0 aromatic heterocycles. The minimum atomic E-state index is 0.682. The Hall–Kier alpha value is -0.0800. The lowest BCUT2D eigenvalue weighted by atomic mass is 10.1. The van der Waals surface area contributed by atoms with Gasteiger partial charge in [-0.2, -0.15) is 0 Å². The van der Waals surface area contributed by atoms with Crippen molar-refractivity contribution in [3.05, 3.63) is 0 Å². The SMILES string of the molecule is CC(CN)CCNC(C1CC1)C1CC1. The van der Waals surface area contributed by atoms with Crippen molar-refractivity contribution in [2.75, 3.05) is 13.1 Å². The van der Waals surface area contributed by atoms with Crippen LogP contribution in [0.5, 0.6) is 0 Å². The van der Waals surface area contributed by atoms with Crippen molar-refractivity contribution in [1.29, 1.82) is 0 Å². The van der Waals surface area contributed by atoms with Crippen LogP contribution in [0, 0.1) is 17.8 Å². The van der Waals surface area contributed by atoms with Crippen molar-refractivity contribution >= 4 is 0 Å². The molecule has 1 atom stereocenters. The second-order valence-electron chi connectivity index (χ2n) is 5.28. The van der Waals surface area contributed by atoms with Crippen molar-refractivity contribution in [2.45, 2.75) is 45.1 Å². The summed E-state index contributed by atoms with van der Waals surface area (Å²) in [6, 6.07) is 0.861. The average molecular weight is 196 g/mol. The molecule has 0 spiro atoms. The van der Waals surface area contributed by atoms with Gasteiger partial charge in [0.25, 0.3) is 0 Å². The maximum atomic E-state index is 5.61. The Balaban J connectivity index is 1.62. The van der Waals surface area contributed by atoms with E-state index in [-0.39, 0.29) is 0 Å². The van der Waals surface area contributed by atoms with Crippen molar-refractivity contribution in [3.8, 4) is 0 Å². The van der Waals surface area contributed by atoms with E-state index >= 15 is 0 Å². The Morgan fingerprint density at radius 2 is 1.79 bits per heavy atom. The van der Waals surface area contributed by atoms with Crippen molar-refractivity contribution in [3.63, 3.8) is 0 Å². The zero-order valence-electron chi connectivity index (χ0n) is 9.34. The lowest BCUT2D eigenvalue weighted by molar-refractivity contribution is 0.394. The second kappa shape index (κ2) is 4.63. The fourth-order valence-corrected chi connectivity index (χ4v) is 2.24. The number of rotatable bonds is 7. The Labute approximate surface area is 87.6 Å². The van der Waals surface area contributed by atoms with E-state index in [0.717, 1.165) is 24.4 Å². The lowest BCUT2D eigenvalue weighted by Gasteiger charge is -2.18. The zero-order chi connectivity index (χ0) is 9.97. The highest BCUT2D eigenvalue weighted by Gasteiger charge is 2.40. The normalized spacial score (nSPS) is 24.2. The van der Waals surface area contributed by atoms with Gasteiger partial charge in [-0.25, -0.2) is 0 Å². The molecule has 0 saturated heterocycles. The summed E-state index contributed by atoms with van der Waals surface area (Å²) in [5, 5.41) is 3.75. The van der Waals surface area contributed by atoms with Gasteiger partial charge >= 0.3 is 0 Å². The third-order valence-electron chi connectivity index (χ3n) is 3.68. The van der Waals surface area contributed by atoms with Gasteiger partial charge in [0.15, 0.2) is 0 Å². The third kappa shape index (κ3) is 2.96. The van der Waals surface area contributed by atoms with Crippen LogP contribution in [0.25, 0.3) is 0 Å². The predicted octanol–water partition coefficient (Wildman–Crippen LogP) is 1.75. The molecule has 2 aliphatic rings. The van der Waals surface area contributed by atoms with Gasteiger partial charge in [-0.15, -0.1) is 0 Å². The highest BCUT2D eigenvalue weighted by Crippen LogP contribution is 2.44. The maximum absolute atomic E-state index is 5.61. The molecule has 2 nitrogen and oxygen atoms in total. The van der Waals surface area contributed by atoms with Gasteiger partial charge in [0.2, 0.25) is 0 Å². The van der Waals surface area contributed by atoms with Gasteiger partial charge in [0, 0.05) is 6.04 Å². The molecule has 0 bridgehead atoms. The molecule has 82 valence electrons. The van der Waals surface area contributed by atoms with Gasteiger partial charge in [0.05, 0.1) is 0 Å². The topological polar surface area (TPSA) is 38.0 Å². The van der Waals surface area contributed by atoms with Crippen LogP contribution in [0.1, 0.15) is 39.0 Å². The van der Waals surface area contributed by atoms with E-state index in [2.05, 4.69) is 12.2 Å². The van der Waals surface area contributed by atoms with E-state index in [1.165, 1.54) is 38.6 Å². The van der Waals surface area contributed by atoms with Crippen LogP contribution in [0.4, 0.5) is 0 Å². The molecule has 0 aromatic rings. The number of nitrogens with one attached hydrogen (secondary N) is 1. The van der Waals surface area contributed by atoms with Gasteiger partial charge in [-0.1, -0.05) is 6.92 Å². The molecule has 3 N–H and O–H groups in total. The Morgan fingerprint density at radius 1 is 1.21 bits per heavy atom. The molecule has 2 saturated carbocycles. The molecule has 0 radical (unpaired) electrons. The maximum Gasteiger partial charge on any atom is 0.0124 e. The van der Waals surface area contributed by atoms with Crippen LogP contribution in [0.2, 0.25) is 0 Å². The molecule has 14 heavy (non-hydrogen) atoms. The molecule has 1 unspecified atom stereocenters. The highest BCUT2D eigenvalue weighted by molar-refractivity contribution is 4.96. The molecular formula is C12H24N2. The average Bonchev–Trinajstić information content (AvgIpc) is 3.03. The summed E-state index contributed by atoms with van der Waals surface area (Å²) in [4.78, 5) is 0. The molecule has 2 rings (SSSR count). The highest BCUT2D eigenvalue weighted by atomic mass is 14.9. The summed E-state index contributed by atoms with van der Waals surface area (Å²) < 4.78 is 0. The minimum Gasteiger partial charge on any atom is -0.330 e. The van der Waals surface area contributed by atoms with Gasteiger partial charge in [0.1, 0.15) is 0 Å². The van der Waals surface area contributed by atoms with E-state index in [4.69, 9.17) is 5.73 Å². The van der Waals surface area contributed by atoms with Crippen molar-refractivity contribution in [2.24, 2.45) is 23.5 Å². The zero-order valence-corrected chi connectivity index (χ0v) is 9.34. The standard InChI is InChI=1S/C12H24N2/c1-9(8-13)6-7-14-12(10-2-3-10)11-4-5-11/h9-12,14H,2-8,13H2,1H3. The van der Waals surface area contributed by atoms with E-state index in [1.54, 1.807) is 0 Å². The minimum absolute atomic E-state index is 0.682. The molecule has 2 aliphatic carbocycles. The first-order valence-corrected chi connectivity index (χ1v) is 6.24. The number of nitrogens with two attached hydrogens (primary N) is 1. The summed E-state index contributed by atoms with van der Waals surface area (Å²) in [5.41, 5.74) is 5.61. The Bertz CT molecular complexity index is 161. The first-order valence-electron chi connectivity index (χ1n) is 6.24. The molecule has 2 fully saturated rings. The van der Waals surface area contributed by atoms with E-state index in [1.807, 2.05) is 0 Å². The third-order valence-corrected chi connectivity index (χ3v) is 3.68. The first-order chi connectivity index (χ1) is 6.81. The van der Waals surface area contributed by atoms with Crippen LogP contribution in [-0.4, -0.2) is 19.1 Å². The molecular weight excluding hydrogens is 172 g/mol. The Morgan fingerprint density at radius 3 is 2.21 bits per heavy atom. The summed E-state index contributed by atoms with van der Waals surface area (Å²) in [7, 11) is 0. The first kappa shape index (κ1) is 10.4. The summed E-state index contributed by atoms with van der Waals surface area (Å²) in [6.45, 7) is 4.25. The van der Waals surface area contributed by atoms with E-state index in [9.17, 15) is 0 Å². The lowest BCUT2D eigenvalue weighted by Crippen LogP contribution is -2.34. The van der Waals surface area contributed by atoms with Crippen LogP contribution in [0.15, 0.2) is 0 Å². The van der Waals surface area contributed by atoms with Crippen LogP contribution >= 0.6 is 0 Å². The largest absolute Gasteiger partial charge is 0.330 e. The van der Waals surface area contributed by atoms with Crippen molar-refractivity contribution in [1.82, 2.24) is 5.32 Å². The smallest absolute Gasteiger partial charge is 0.0124 e. The van der Waals surface area contributed by atoms with E-state index in [0.29, 0.717) is 5.92 Å². The Kier molecular flexibility index (Phi) is 3.45.